The van der Waals surface area contributed by atoms with Crippen molar-refractivity contribution in [1.29, 1.82) is 0 Å². The molecule has 0 radical (unpaired) electrons. The summed E-state index contributed by atoms with van der Waals surface area (Å²) in [5, 5.41) is 9.79. The maximum Gasteiger partial charge on any atom is 0.305 e. The molecule has 0 saturated carbocycles. The lowest BCUT2D eigenvalue weighted by molar-refractivity contribution is -0.870. The summed E-state index contributed by atoms with van der Waals surface area (Å²) < 4.78 is 26.6. The lowest BCUT2D eigenvalue weighted by atomic mass is 10.1. The maximum absolute atomic E-state index is 11.8. The number of likely N-dealkylation sites (N-methyl/N-ethyl adjacent to an activating group) is 1. The standard InChI is InChI=1S/C26H48NO7P/c1-5-6-7-8-9-10-11-12-13-14-15-16-17-18-19-20-26(29)32-23-25(28)24-34-35(30,31)33-22-21-27(2,3)4/h8-13,25,28H,5-7,14-24H2,1-4H3/b9-8+,11-10+,13-12-. The van der Waals surface area contributed by atoms with Crippen molar-refractivity contribution in [3.8, 4) is 0 Å². The molecule has 0 aromatic rings. The van der Waals surface area contributed by atoms with Gasteiger partial charge in [0.15, 0.2) is 0 Å². The predicted molar refractivity (Wildman–Crippen MR) is 139 cm³/mol. The number of quaternary nitrogens is 1. The van der Waals surface area contributed by atoms with Crippen molar-refractivity contribution in [3.05, 3.63) is 36.5 Å². The Bertz CT molecular complexity index is 671. The van der Waals surface area contributed by atoms with Crippen LogP contribution >= 0.6 is 7.82 Å². The lowest BCUT2D eigenvalue weighted by Gasteiger charge is -2.27. The summed E-state index contributed by atoms with van der Waals surface area (Å²) in [5.41, 5.74) is 0. The van der Waals surface area contributed by atoms with Gasteiger partial charge >= 0.3 is 5.97 Å². The minimum Gasteiger partial charge on any atom is -0.756 e. The van der Waals surface area contributed by atoms with Crippen molar-refractivity contribution in [1.82, 2.24) is 0 Å². The molecule has 0 bridgehead atoms. The topological polar surface area (TPSA) is 105 Å². The third-order valence-electron chi connectivity index (χ3n) is 4.95. The van der Waals surface area contributed by atoms with Crippen LogP contribution in [0.15, 0.2) is 36.5 Å². The number of carbonyl (C=O) groups is 1. The van der Waals surface area contributed by atoms with Gasteiger partial charge < -0.3 is 28.3 Å². The van der Waals surface area contributed by atoms with Crippen molar-refractivity contribution in [3.63, 3.8) is 0 Å². The molecule has 0 saturated heterocycles. The van der Waals surface area contributed by atoms with Crippen LogP contribution in [0.3, 0.4) is 0 Å². The van der Waals surface area contributed by atoms with Gasteiger partial charge in [0.25, 0.3) is 7.82 Å². The summed E-state index contributed by atoms with van der Waals surface area (Å²) in [7, 11) is 1.23. The molecule has 0 rings (SSSR count). The molecule has 0 aliphatic carbocycles. The van der Waals surface area contributed by atoms with Crippen LogP contribution in [0.2, 0.25) is 0 Å². The first-order valence-electron chi connectivity index (χ1n) is 12.8. The molecule has 0 aromatic heterocycles. The largest absolute Gasteiger partial charge is 0.756 e. The molecule has 2 atom stereocenters. The molecule has 0 amide bonds. The SMILES string of the molecule is CCCC/C=C/C=C/C=C\CCCCCCCC(=O)OCC(O)COP(=O)([O-])OCC[N+](C)(C)C. The molecule has 0 spiro atoms. The summed E-state index contributed by atoms with van der Waals surface area (Å²) in [6.07, 6.45) is 21.3. The number of aliphatic hydroxyl groups is 1. The summed E-state index contributed by atoms with van der Waals surface area (Å²) in [6.45, 7) is 1.84. The number of unbranched alkanes of at least 4 members (excludes halogenated alkanes) is 7. The van der Waals surface area contributed by atoms with Crippen LogP contribution in [0.25, 0.3) is 0 Å². The van der Waals surface area contributed by atoms with E-state index in [9.17, 15) is 19.4 Å². The van der Waals surface area contributed by atoms with Gasteiger partial charge in [-0.15, -0.1) is 0 Å². The molecule has 9 heteroatoms. The number of esters is 1. The zero-order chi connectivity index (χ0) is 26.4. The first-order chi connectivity index (χ1) is 16.6. The molecule has 0 fully saturated rings. The van der Waals surface area contributed by atoms with E-state index in [1.807, 2.05) is 21.1 Å². The molecule has 204 valence electrons. The third-order valence-corrected chi connectivity index (χ3v) is 5.92. The van der Waals surface area contributed by atoms with E-state index < -0.39 is 26.5 Å². The highest BCUT2D eigenvalue weighted by Gasteiger charge is 2.16. The lowest BCUT2D eigenvalue weighted by Crippen LogP contribution is -2.37. The minimum absolute atomic E-state index is 0.0134. The van der Waals surface area contributed by atoms with Gasteiger partial charge in [-0.3, -0.25) is 9.36 Å². The quantitative estimate of drug-likeness (QED) is 0.0730. The fourth-order valence-corrected chi connectivity index (χ4v) is 3.55. The van der Waals surface area contributed by atoms with E-state index in [1.165, 1.54) is 12.8 Å². The first-order valence-corrected chi connectivity index (χ1v) is 14.2. The highest BCUT2D eigenvalue weighted by molar-refractivity contribution is 7.45. The van der Waals surface area contributed by atoms with Crippen molar-refractivity contribution in [2.24, 2.45) is 0 Å². The first kappa shape index (κ1) is 33.7. The second kappa shape index (κ2) is 20.9. The number of hydrogen-bond acceptors (Lipinski definition) is 7. The molecule has 0 aliphatic heterocycles. The molecule has 35 heavy (non-hydrogen) atoms. The van der Waals surface area contributed by atoms with E-state index in [-0.39, 0.29) is 19.6 Å². The van der Waals surface area contributed by atoms with Gasteiger partial charge in [-0.05, 0) is 25.7 Å². The van der Waals surface area contributed by atoms with Crippen molar-refractivity contribution in [2.45, 2.75) is 77.2 Å². The molecule has 1 N–H and O–H groups in total. The molecular formula is C26H48NO7P. The van der Waals surface area contributed by atoms with Crippen LogP contribution in [-0.2, 0) is 23.1 Å². The Morgan fingerprint density at radius 2 is 1.51 bits per heavy atom. The number of ether oxygens (including phenoxy) is 1. The number of rotatable bonds is 22. The molecule has 0 heterocycles. The number of phosphoric ester groups is 1. The van der Waals surface area contributed by atoms with Crippen LogP contribution in [0.5, 0.6) is 0 Å². The Labute approximate surface area is 212 Å². The molecular weight excluding hydrogens is 469 g/mol. The molecule has 2 unspecified atom stereocenters. The van der Waals surface area contributed by atoms with Crippen LogP contribution < -0.4 is 4.89 Å². The van der Waals surface area contributed by atoms with Crippen molar-refractivity contribution < 1.29 is 37.6 Å². The Kier molecular flexibility index (Phi) is 20.1. The van der Waals surface area contributed by atoms with E-state index in [0.717, 1.165) is 44.9 Å². The highest BCUT2D eigenvalue weighted by atomic mass is 31.2. The van der Waals surface area contributed by atoms with Crippen LogP contribution in [-0.4, -0.2) is 69.2 Å². The van der Waals surface area contributed by atoms with Gasteiger partial charge in [0, 0.05) is 6.42 Å². The average molecular weight is 518 g/mol. The second-order valence-electron chi connectivity index (χ2n) is 9.62. The number of phosphoric acid groups is 1. The van der Waals surface area contributed by atoms with Crippen LogP contribution in [0.4, 0.5) is 0 Å². The molecule has 8 nitrogen and oxygen atoms in total. The van der Waals surface area contributed by atoms with Gasteiger partial charge in [0.05, 0.1) is 27.7 Å². The van der Waals surface area contributed by atoms with Crippen LogP contribution in [0, 0.1) is 0 Å². The second-order valence-corrected chi connectivity index (χ2v) is 11.0. The highest BCUT2D eigenvalue weighted by Crippen LogP contribution is 2.38. The number of nitrogens with zero attached hydrogens (tertiary/aromatic N) is 1. The van der Waals surface area contributed by atoms with E-state index in [1.54, 1.807) is 0 Å². The Balaban J connectivity index is 3.69. The van der Waals surface area contributed by atoms with Crippen molar-refractivity contribution in [2.75, 3.05) is 47.5 Å². The average Bonchev–Trinajstić information content (AvgIpc) is 2.78. The third kappa shape index (κ3) is 25.6. The normalized spacial score (nSPS) is 15.3. The number of carbonyl (C=O) groups excluding carboxylic acids is 1. The maximum atomic E-state index is 11.8. The predicted octanol–water partition coefficient (Wildman–Crippen LogP) is 4.69. The molecule has 0 aromatic carbocycles. The van der Waals surface area contributed by atoms with E-state index in [0.29, 0.717) is 11.0 Å². The molecule has 0 aliphatic rings. The van der Waals surface area contributed by atoms with E-state index >= 15 is 0 Å². The summed E-state index contributed by atoms with van der Waals surface area (Å²) in [5.74, 6) is -0.410. The van der Waals surface area contributed by atoms with Gasteiger partial charge in [-0.25, -0.2) is 0 Å². The van der Waals surface area contributed by atoms with Gasteiger partial charge in [-0.2, -0.15) is 0 Å². The van der Waals surface area contributed by atoms with Gasteiger partial charge in [-0.1, -0.05) is 75.5 Å². The monoisotopic (exact) mass is 517 g/mol. The number of allylic oxidation sites excluding steroid dienone is 6. The Morgan fingerprint density at radius 3 is 2.14 bits per heavy atom. The smallest absolute Gasteiger partial charge is 0.305 e. The fraction of sp³-hybridized carbons (Fsp3) is 0.731. The summed E-state index contributed by atoms with van der Waals surface area (Å²) >= 11 is 0. The Morgan fingerprint density at radius 1 is 0.914 bits per heavy atom. The van der Waals surface area contributed by atoms with Crippen LogP contribution in [0.1, 0.15) is 71.1 Å². The Hall–Kier alpha value is -1.28. The van der Waals surface area contributed by atoms with Crippen molar-refractivity contribution >= 4 is 13.8 Å². The minimum atomic E-state index is -4.50. The van der Waals surface area contributed by atoms with Gasteiger partial charge in [0.1, 0.15) is 25.9 Å². The zero-order valence-electron chi connectivity index (χ0n) is 22.2. The van der Waals surface area contributed by atoms with E-state index in [2.05, 4.69) is 47.9 Å². The van der Waals surface area contributed by atoms with E-state index in [4.69, 9.17) is 9.26 Å². The zero-order valence-corrected chi connectivity index (χ0v) is 23.1. The number of aliphatic hydroxyl groups excluding tert-OH is 1. The number of hydrogen-bond donors (Lipinski definition) is 1. The summed E-state index contributed by atoms with van der Waals surface area (Å²) in [6, 6.07) is 0. The summed E-state index contributed by atoms with van der Waals surface area (Å²) in [4.78, 5) is 23.5. The van der Waals surface area contributed by atoms with Gasteiger partial charge in [0.2, 0.25) is 0 Å². The fourth-order valence-electron chi connectivity index (χ4n) is 2.81.